The van der Waals surface area contributed by atoms with Crippen LogP contribution in [0.5, 0.6) is 0 Å². The molecule has 0 aliphatic carbocycles. The number of fused-ring (bicyclic) bond motifs is 1. The number of hydrogen-bond donors (Lipinski definition) is 1. The van der Waals surface area contributed by atoms with E-state index in [9.17, 15) is 4.91 Å². The maximum absolute atomic E-state index is 10.2. The van der Waals surface area contributed by atoms with Crippen LogP contribution in [0.1, 0.15) is 12.5 Å². The highest BCUT2D eigenvalue weighted by Crippen LogP contribution is 2.20. The van der Waals surface area contributed by atoms with E-state index in [1.54, 1.807) is 13.0 Å². The Morgan fingerprint density at radius 3 is 3.00 bits per heavy atom. The molecule has 0 spiro atoms. The summed E-state index contributed by atoms with van der Waals surface area (Å²) >= 11 is 0. The molecule has 0 amide bonds. The van der Waals surface area contributed by atoms with Crippen molar-refractivity contribution >= 4 is 17.0 Å². The van der Waals surface area contributed by atoms with Gasteiger partial charge in [0.2, 0.25) is 0 Å². The van der Waals surface area contributed by atoms with Crippen molar-refractivity contribution in [3.63, 3.8) is 0 Å². The van der Waals surface area contributed by atoms with Crippen LogP contribution in [0.3, 0.4) is 0 Å². The highest BCUT2D eigenvalue weighted by molar-refractivity contribution is 5.89. The fourth-order valence-electron chi connectivity index (χ4n) is 1.46. The number of para-hydroxylation sites is 1. The number of aromatic amines is 1. The van der Waals surface area contributed by atoms with E-state index in [0.29, 0.717) is 5.70 Å². The first kappa shape index (κ1) is 8.69. The van der Waals surface area contributed by atoms with E-state index in [4.69, 9.17) is 0 Å². The Kier molecular flexibility index (Phi) is 2.14. The minimum Gasteiger partial charge on any atom is -0.361 e. The van der Waals surface area contributed by atoms with E-state index in [2.05, 4.69) is 10.2 Å². The first-order chi connectivity index (χ1) is 6.81. The zero-order valence-electron chi connectivity index (χ0n) is 7.82. The van der Waals surface area contributed by atoms with E-state index < -0.39 is 0 Å². The average molecular weight is 186 g/mol. The number of allylic oxidation sites excluding steroid dienone is 1. The second-order valence-electron chi connectivity index (χ2n) is 3.17. The molecule has 0 aliphatic heterocycles. The molecule has 1 heterocycles. The van der Waals surface area contributed by atoms with Gasteiger partial charge in [-0.3, -0.25) is 0 Å². The SMILES string of the molecule is C/C(=C\c1c[nH]c2ccccc12)N=O. The van der Waals surface area contributed by atoms with Crippen LogP contribution in [0.25, 0.3) is 17.0 Å². The fourth-order valence-corrected chi connectivity index (χ4v) is 1.46. The Bertz CT molecular complexity index is 497. The summed E-state index contributed by atoms with van der Waals surface area (Å²) < 4.78 is 0. The van der Waals surface area contributed by atoms with E-state index in [0.717, 1.165) is 16.5 Å². The zero-order chi connectivity index (χ0) is 9.97. The molecule has 0 radical (unpaired) electrons. The monoisotopic (exact) mass is 186 g/mol. The van der Waals surface area contributed by atoms with Crippen LogP contribution in [0.15, 0.2) is 41.3 Å². The third-order valence-electron chi connectivity index (χ3n) is 2.13. The molecule has 0 fully saturated rings. The lowest BCUT2D eigenvalue weighted by Gasteiger charge is -1.90. The molecule has 1 aromatic carbocycles. The highest BCUT2D eigenvalue weighted by Gasteiger charge is 1.99. The van der Waals surface area contributed by atoms with Crippen molar-refractivity contribution < 1.29 is 0 Å². The van der Waals surface area contributed by atoms with Crippen molar-refractivity contribution in [3.8, 4) is 0 Å². The van der Waals surface area contributed by atoms with Crippen LogP contribution in [0.2, 0.25) is 0 Å². The summed E-state index contributed by atoms with van der Waals surface area (Å²) in [6.07, 6.45) is 3.64. The van der Waals surface area contributed by atoms with Crippen LogP contribution in [-0.2, 0) is 0 Å². The molecule has 0 bridgehead atoms. The summed E-state index contributed by atoms with van der Waals surface area (Å²) in [4.78, 5) is 13.4. The standard InChI is InChI=1S/C11H10N2O/c1-8(13-14)6-9-7-12-11-5-3-2-4-10(9)11/h2-7,12H,1H3/b8-6+. The number of rotatable bonds is 2. The Labute approximate surface area is 81.4 Å². The van der Waals surface area contributed by atoms with Crippen molar-refractivity contribution in [2.75, 3.05) is 0 Å². The number of benzene rings is 1. The lowest BCUT2D eigenvalue weighted by molar-refractivity contribution is 1.31. The van der Waals surface area contributed by atoms with Gasteiger partial charge in [-0.05, 0) is 24.2 Å². The van der Waals surface area contributed by atoms with Crippen LogP contribution in [0, 0.1) is 4.91 Å². The Morgan fingerprint density at radius 2 is 2.21 bits per heavy atom. The number of H-pyrrole nitrogens is 1. The number of nitrogens with one attached hydrogen (secondary N) is 1. The van der Waals surface area contributed by atoms with Gasteiger partial charge in [0.25, 0.3) is 0 Å². The molecule has 0 aliphatic rings. The number of hydrogen-bond acceptors (Lipinski definition) is 2. The van der Waals surface area contributed by atoms with Gasteiger partial charge in [0.15, 0.2) is 0 Å². The molecule has 0 unspecified atom stereocenters. The van der Waals surface area contributed by atoms with Gasteiger partial charge in [0.1, 0.15) is 0 Å². The van der Waals surface area contributed by atoms with Crippen molar-refractivity contribution in [2.24, 2.45) is 5.18 Å². The summed E-state index contributed by atoms with van der Waals surface area (Å²) in [6, 6.07) is 7.94. The summed E-state index contributed by atoms with van der Waals surface area (Å²) in [5.41, 5.74) is 2.55. The molecule has 1 N–H and O–H groups in total. The normalized spacial score (nSPS) is 11.9. The molecule has 2 aromatic rings. The van der Waals surface area contributed by atoms with Crippen LogP contribution in [-0.4, -0.2) is 4.98 Å². The van der Waals surface area contributed by atoms with Crippen molar-refractivity contribution in [2.45, 2.75) is 6.92 Å². The maximum atomic E-state index is 10.2. The van der Waals surface area contributed by atoms with Gasteiger partial charge in [0.05, 0.1) is 5.70 Å². The van der Waals surface area contributed by atoms with Gasteiger partial charge in [0, 0.05) is 22.7 Å². The van der Waals surface area contributed by atoms with Crippen molar-refractivity contribution in [1.82, 2.24) is 4.98 Å². The quantitative estimate of drug-likeness (QED) is 0.718. The van der Waals surface area contributed by atoms with E-state index >= 15 is 0 Å². The summed E-state index contributed by atoms with van der Waals surface area (Å²) in [5, 5.41) is 3.97. The van der Waals surface area contributed by atoms with Gasteiger partial charge in [-0.25, -0.2) is 0 Å². The average Bonchev–Trinajstić information content (AvgIpc) is 2.62. The molecule has 0 atom stereocenters. The molecule has 0 saturated carbocycles. The molecule has 0 saturated heterocycles. The van der Waals surface area contributed by atoms with Gasteiger partial charge in [-0.15, -0.1) is 4.91 Å². The van der Waals surface area contributed by atoms with Crippen LogP contribution >= 0.6 is 0 Å². The largest absolute Gasteiger partial charge is 0.361 e. The summed E-state index contributed by atoms with van der Waals surface area (Å²) in [6.45, 7) is 1.69. The molecule has 2 rings (SSSR count). The predicted octanol–water partition coefficient (Wildman–Crippen LogP) is 3.30. The van der Waals surface area contributed by atoms with Gasteiger partial charge >= 0.3 is 0 Å². The minimum atomic E-state index is 0.481. The molecular weight excluding hydrogens is 176 g/mol. The second kappa shape index (κ2) is 3.46. The third kappa shape index (κ3) is 1.44. The summed E-state index contributed by atoms with van der Waals surface area (Å²) in [7, 11) is 0. The lowest BCUT2D eigenvalue weighted by Crippen LogP contribution is -1.70. The van der Waals surface area contributed by atoms with Gasteiger partial charge in [-0.2, -0.15) is 0 Å². The molecule has 3 nitrogen and oxygen atoms in total. The van der Waals surface area contributed by atoms with E-state index in [1.165, 1.54) is 0 Å². The molecular formula is C11H10N2O. The van der Waals surface area contributed by atoms with Crippen LogP contribution < -0.4 is 0 Å². The summed E-state index contributed by atoms with van der Waals surface area (Å²) in [5.74, 6) is 0. The Morgan fingerprint density at radius 1 is 1.43 bits per heavy atom. The topological polar surface area (TPSA) is 45.2 Å². The van der Waals surface area contributed by atoms with Gasteiger partial charge in [-0.1, -0.05) is 18.2 Å². The fraction of sp³-hybridized carbons (Fsp3) is 0.0909. The first-order valence-corrected chi connectivity index (χ1v) is 4.39. The molecule has 1 aromatic heterocycles. The Hall–Kier alpha value is -1.90. The number of nitrogens with zero attached hydrogens (tertiary/aromatic N) is 1. The second-order valence-corrected chi connectivity index (χ2v) is 3.17. The maximum Gasteiger partial charge on any atom is 0.0824 e. The van der Waals surface area contributed by atoms with Crippen molar-refractivity contribution in [1.29, 1.82) is 0 Å². The zero-order valence-corrected chi connectivity index (χ0v) is 7.82. The van der Waals surface area contributed by atoms with Gasteiger partial charge < -0.3 is 4.98 Å². The minimum absolute atomic E-state index is 0.481. The third-order valence-corrected chi connectivity index (χ3v) is 2.13. The first-order valence-electron chi connectivity index (χ1n) is 4.39. The molecule has 14 heavy (non-hydrogen) atoms. The lowest BCUT2D eigenvalue weighted by atomic mass is 10.1. The van der Waals surface area contributed by atoms with E-state index in [1.807, 2.05) is 30.5 Å². The number of nitroso groups, excluding NO2 is 1. The number of aromatic nitrogens is 1. The smallest absolute Gasteiger partial charge is 0.0824 e. The van der Waals surface area contributed by atoms with Crippen LogP contribution in [0.4, 0.5) is 0 Å². The van der Waals surface area contributed by atoms with E-state index in [-0.39, 0.29) is 0 Å². The highest BCUT2D eigenvalue weighted by atomic mass is 16.3. The predicted molar refractivity (Wildman–Crippen MR) is 57.7 cm³/mol. The van der Waals surface area contributed by atoms with Crippen molar-refractivity contribution in [3.05, 3.63) is 46.6 Å². The Balaban J connectivity index is 2.59. The molecule has 70 valence electrons. The molecule has 3 heteroatoms.